The Morgan fingerprint density at radius 1 is 1.40 bits per heavy atom. The van der Waals surface area contributed by atoms with Crippen LogP contribution in [0.1, 0.15) is 18.4 Å². The molecular weight excluding hydrogens is 212 g/mol. The zero-order valence-electron chi connectivity index (χ0n) is 8.63. The standard InChI is InChI=1S/C10H14N2O2S/c1-15(13,14)12(10-2-3-10)8-9-4-6-11-7-5-9/h4-7,10H,2-3,8H2,1H3. The van der Waals surface area contributed by atoms with E-state index in [2.05, 4.69) is 4.98 Å². The Morgan fingerprint density at radius 3 is 2.47 bits per heavy atom. The molecule has 1 fully saturated rings. The van der Waals surface area contributed by atoms with E-state index in [-0.39, 0.29) is 6.04 Å². The number of nitrogens with zero attached hydrogens (tertiary/aromatic N) is 2. The van der Waals surface area contributed by atoms with Gasteiger partial charge in [0.25, 0.3) is 0 Å². The fourth-order valence-corrected chi connectivity index (χ4v) is 2.68. The second kappa shape index (κ2) is 3.90. The monoisotopic (exact) mass is 226 g/mol. The number of rotatable bonds is 4. The highest BCUT2D eigenvalue weighted by atomic mass is 32.2. The maximum Gasteiger partial charge on any atom is 0.211 e. The molecule has 1 aliphatic rings. The number of sulfonamides is 1. The number of hydrogen-bond acceptors (Lipinski definition) is 3. The molecule has 1 heterocycles. The molecule has 0 amide bonds. The quantitative estimate of drug-likeness (QED) is 0.769. The Hall–Kier alpha value is -0.940. The van der Waals surface area contributed by atoms with Gasteiger partial charge in [0.15, 0.2) is 0 Å². The summed E-state index contributed by atoms with van der Waals surface area (Å²) in [6.07, 6.45) is 6.61. The van der Waals surface area contributed by atoms with Crippen molar-refractivity contribution < 1.29 is 8.42 Å². The summed E-state index contributed by atoms with van der Waals surface area (Å²) in [5.41, 5.74) is 0.988. The van der Waals surface area contributed by atoms with Crippen molar-refractivity contribution >= 4 is 10.0 Å². The van der Waals surface area contributed by atoms with Crippen molar-refractivity contribution in [1.82, 2.24) is 9.29 Å². The third-order valence-electron chi connectivity index (χ3n) is 2.47. The van der Waals surface area contributed by atoms with Crippen LogP contribution in [0.15, 0.2) is 24.5 Å². The van der Waals surface area contributed by atoms with Crippen molar-refractivity contribution in [2.75, 3.05) is 6.26 Å². The molecular formula is C10H14N2O2S. The van der Waals surface area contributed by atoms with Crippen molar-refractivity contribution in [2.24, 2.45) is 0 Å². The van der Waals surface area contributed by atoms with E-state index in [0.29, 0.717) is 6.54 Å². The zero-order valence-corrected chi connectivity index (χ0v) is 9.44. The first-order valence-corrected chi connectivity index (χ1v) is 6.78. The summed E-state index contributed by atoms with van der Waals surface area (Å²) >= 11 is 0. The molecule has 1 aromatic rings. The predicted molar refractivity (Wildman–Crippen MR) is 57.6 cm³/mol. The molecule has 0 aromatic carbocycles. The lowest BCUT2D eigenvalue weighted by atomic mass is 10.3. The molecule has 5 heteroatoms. The smallest absolute Gasteiger partial charge is 0.211 e. The SMILES string of the molecule is CS(=O)(=O)N(Cc1ccncc1)C1CC1. The van der Waals surface area contributed by atoms with E-state index in [1.165, 1.54) is 6.26 Å². The highest BCUT2D eigenvalue weighted by Crippen LogP contribution is 2.30. The molecule has 1 aromatic heterocycles. The molecule has 0 aliphatic heterocycles. The summed E-state index contributed by atoms with van der Waals surface area (Å²) in [6.45, 7) is 0.464. The fourth-order valence-electron chi connectivity index (χ4n) is 1.55. The van der Waals surface area contributed by atoms with Crippen LogP contribution in [-0.2, 0) is 16.6 Å². The second-order valence-corrected chi connectivity index (χ2v) is 5.83. The summed E-state index contributed by atoms with van der Waals surface area (Å²) < 4.78 is 24.6. The van der Waals surface area contributed by atoms with Gasteiger partial charge >= 0.3 is 0 Å². The molecule has 0 bridgehead atoms. The van der Waals surface area contributed by atoms with Crippen molar-refractivity contribution in [3.8, 4) is 0 Å². The van der Waals surface area contributed by atoms with E-state index in [4.69, 9.17) is 0 Å². The first-order valence-electron chi connectivity index (χ1n) is 4.93. The minimum Gasteiger partial charge on any atom is -0.265 e. The highest BCUT2D eigenvalue weighted by Gasteiger charge is 2.34. The van der Waals surface area contributed by atoms with Crippen LogP contribution in [-0.4, -0.2) is 30.0 Å². The van der Waals surface area contributed by atoms with Crippen LogP contribution in [0, 0.1) is 0 Å². The minimum atomic E-state index is -3.09. The van der Waals surface area contributed by atoms with Crippen LogP contribution in [0.3, 0.4) is 0 Å². The molecule has 0 N–H and O–H groups in total. The Bertz CT molecular complexity index is 426. The summed E-state index contributed by atoms with van der Waals surface area (Å²) in [6, 6.07) is 3.91. The number of hydrogen-bond donors (Lipinski definition) is 0. The van der Waals surface area contributed by atoms with Gasteiger partial charge in [-0.2, -0.15) is 4.31 Å². The van der Waals surface area contributed by atoms with Gasteiger partial charge in [-0.15, -0.1) is 0 Å². The van der Waals surface area contributed by atoms with Gasteiger partial charge in [0.2, 0.25) is 10.0 Å². The molecule has 82 valence electrons. The van der Waals surface area contributed by atoms with Crippen LogP contribution < -0.4 is 0 Å². The third kappa shape index (κ3) is 2.76. The van der Waals surface area contributed by atoms with Crippen molar-refractivity contribution in [3.63, 3.8) is 0 Å². The van der Waals surface area contributed by atoms with Gasteiger partial charge < -0.3 is 0 Å². The first kappa shape index (κ1) is 10.6. The largest absolute Gasteiger partial charge is 0.265 e. The molecule has 1 saturated carbocycles. The highest BCUT2D eigenvalue weighted by molar-refractivity contribution is 7.88. The normalized spacial score (nSPS) is 16.9. The molecule has 0 radical (unpaired) electrons. The van der Waals surface area contributed by atoms with Crippen LogP contribution in [0.2, 0.25) is 0 Å². The first-order chi connectivity index (χ1) is 7.07. The average molecular weight is 226 g/mol. The topological polar surface area (TPSA) is 50.3 Å². The maximum absolute atomic E-state index is 11.5. The number of pyridine rings is 1. The molecule has 0 unspecified atom stereocenters. The predicted octanol–water partition coefficient (Wildman–Crippen LogP) is 1.01. The second-order valence-electron chi connectivity index (χ2n) is 3.89. The van der Waals surface area contributed by atoms with E-state index in [1.54, 1.807) is 16.7 Å². The van der Waals surface area contributed by atoms with Crippen molar-refractivity contribution in [2.45, 2.75) is 25.4 Å². The molecule has 1 aliphatic carbocycles. The Labute approximate surface area is 90.0 Å². The summed E-state index contributed by atoms with van der Waals surface area (Å²) in [7, 11) is -3.09. The van der Waals surface area contributed by atoms with Crippen molar-refractivity contribution in [1.29, 1.82) is 0 Å². The van der Waals surface area contributed by atoms with Gasteiger partial charge in [-0.1, -0.05) is 0 Å². The van der Waals surface area contributed by atoms with Crippen LogP contribution in [0.5, 0.6) is 0 Å². The minimum absolute atomic E-state index is 0.216. The summed E-state index contributed by atoms with van der Waals surface area (Å²) in [5, 5.41) is 0. The fraction of sp³-hybridized carbons (Fsp3) is 0.500. The van der Waals surface area contributed by atoms with Crippen molar-refractivity contribution in [3.05, 3.63) is 30.1 Å². The van der Waals surface area contributed by atoms with E-state index < -0.39 is 10.0 Å². The van der Waals surface area contributed by atoms with Gasteiger partial charge in [0.1, 0.15) is 0 Å². The van der Waals surface area contributed by atoms with Crippen LogP contribution in [0.4, 0.5) is 0 Å². The van der Waals surface area contributed by atoms with Gasteiger partial charge in [-0.3, -0.25) is 4.98 Å². The lowest BCUT2D eigenvalue weighted by Crippen LogP contribution is -2.31. The zero-order chi connectivity index (χ0) is 10.9. The van der Waals surface area contributed by atoms with Gasteiger partial charge in [-0.25, -0.2) is 8.42 Å². The van der Waals surface area contributed by atoms with Gasteiger partial charge in [0.05, 0.1) is 6.26 Å². The van der Waals surface area contributed by atoms with E-state index >= 15 is 0 Å². The molecule has 2 rings (SSSR count). The molecule has 4 nitrogen and oxygen atoms in total. The van der Waals surface area contributed by atoms with E-state index in [1.807, 2.05) is 12.1 Å². The molecule has 0 atom stereocenters. The Kier molecular flexibility index (Phi) is 2.75. The van der Waals surface area contributed by atoms with E-state index in [0.717, 1.165) is 18.4 Å². The Morgan fingerprint density at radius 2 is 2.00 bits per heavy atom. The maximum atomic E-state index is 11.5. The van der Waals surface area contributed by atoms with Gasteiger partial charge in [0, 0.05) is 25.0 Å². The van der Waals surface area contributed by atoms with Crippen LogP contribution >= 0.6 is 0 Å². The van der Waals surface area contributed by atoms with Crippen LogP contribution in [0.25, 0.3) is 0 Å². The molecule has 0 spiro atoms. The molecule has 15 heavy (non-hydrogen) atoms. The number of aromatic nitrogens is 1. The lowest BCUT2D eigenvalue weighted by molar-refractivity contribution is 0.402. The average Bonchev–Trinajstić information content (AvgIpc) is 2.97. The lowest BCUT2D eigenvalue weighted by Gasteiger charge is -2.19. The van der Waals surface area contributed by atoms with E-state index in [9.17, 15) is 8.42 Å². The summed E-state index contributed by atoms with van der Waals surface area (Å²) in [4.78, 5) is 3.91. The Balaban J connectivity index is 2.14. The summed E-state index contributed by atoms with van der Waals surface area (Å²) in [5.74, 6) is 0. The third-order valence-corrected chi connectivity index (χ3v) is 3.75. The van der Waals surface area contributed by atoms with Gasteiger partial charge in [-0.05, 0) is 30.5 Å². The molecule has 0 saturated heterocycles.